The summed E-state index contributed by atoms with van der Waals surface area (Å²) >= 11 is 0. The van der Waals surface area contributed by atoms with Crippen molar-refractivity contribution in [1.82, 2.24) is 0 Å². The quantitative estimate of drug-likeness (QED) is 0.853. The molecular weight excluding hydrogens is 242 g/mol. The number of carbonyl (C=O) groups is 1. The first-order chi connectivity index (χ1) is 9.36. The molecule has 0 amide bonds. The van der Waals surface area contributed by atoms with Crippen LogP contribution in [0.5, 0.6) is 11.5 Å². The summed E-state index contributed by atoms with van der Waals surface area (Å²) in [5.74, 6) is 1.28. The van der Waals surface area contributed by atoms with E-state index >= 15 is 0 Å². The number of fused-ring (bicyclic) bond motifs is 1. The average molecular weight is 255 g/mol. The molecule has 0 atom stereocenters. The zero-order valence-corrected chi connectivity index (χ0v) is 10.3. The molecule has 0 fully saturated rings. The van der Waals surface area contributed by atoms with Gasteiger partial charge in [0.2, 0.25) is 6.79 Å². The smallest absolute Gasteiger partial charge is 0.231 e. The van der Waals surface area contributed by atoms with E-state index in [9.17, 15) is 4.79 Å². The van der Waals surface area contributed by atoms with Gasteiger partial charge in [0.25, 0.3) is 0 Å². The number of aldehydes is 1. The maximum absolute atomic E-state index is 10.9. The highest BCUT2D eigenvalue weighted by molar-refractivity contribution is 5.81. The normalized spacial score (nSPS) is 12.2. The topological polar surface area (TPSA) is 47.6 Å². The Bertz CT molecular complexity index is 596. The van der Waals surface area contributed by atoms with E-state index in [0.717, 1.165) is 17.5 Å². The van der Waals surface area contributed by atoms with E-state index in [2.05, 4.69) is 5.32 Å². The zero-order valence-electron chi connectivity index (χ0n) is 10.3. The highest BCUT2D eigenvalue weighted by Gasteiger charge is 2.19. The molecule has 1 N–H and O–H groups in total. The Kier molecular flexibility index (Phi) is 3.06. The number of nitrogens with one attached hydrogen (secondary N) is 1. The van der Waals surface area contributed by atoms with Crippen LogP contribution in [0.2, 0.25) is 0 Å². The van der Waals surface area contributed by atoms with E-state index in [1.807, 2.05) is 30.3 Å². The first kappa shape index (κ1) is 11.6. The van der Waals surface area contributed by atoms with Crippen molar-refractivity contribution in [3.63, 3.8) is 0 Å². The third-order valence-electron chi connectivity index (χ3n) is 2.96. The molecule has 1 aliphatic heterocycles. The van der Waals surface area contributed by atoms with Gasteiger partial charge in [0, 0.05) is 12.1 Å². The summed E-state index contributed by atoms with van der Waals surface area (Å²) in [5, 5.41) is 3.27. The Labute approximate surface area is 111 Å². The number of rotatable bonds is 4. The van der Waals surface area contributed by atoms with Crippen LogP contribution in [0.3, 0.4) is 0 Å². The first-order valence-corrected chi connectivity index (χ1v) is 6.03. The minimum absolute atomic E-state index is 0.192. The van der Waals surface area contributed by atoms with Gasteiger partial charge >= 0.3 is 0 Å². The van der Waals surface area contributed by atoms with E-state index in [1.165, 1.54) is 0 Å². The Balaban J connectivity index is 1.84. The molecule has 19 heavy (non-hydrogen) atoms. The third-order valence-corrected chi connectivity index (χ3v) is 2.96. The Morgan fingerprint density at radius 3 is 2.79 bits per heavy atom. The predicted octanol–water partition coefficient (Wildman–Crippen LogP) is 2.84. The maximum Gasteiger partial charge on any atom is 0.231 e. The van der Waals surface area contributed by atoms with Gasteiger partial charge < -0.3 is 14.8 Å². The number of anilines is 1. The van der Waals surface area contributed by atoms with Gasteiger partial charge in [-0.2, -0.15) is 0 Å². The predicted molar refractivity (Wildman–Crippen MR) is 71.7 cm³/mol. The van der Waals surface area contributed by atoms with Crippen molar-refractivity contribution in [2.24, 2.45) is 0 Å². The van der Waals surface area contributed by atoms with Crippen molar-refractivity contribution in [1.29, 1.82) is 0 Å². The summed E-state index contributed by atoms with van der Waals surface area (Å²) in [6.45, 7) is 0.858. The van der Waals surface area contributed by atoms with Gasteiger partial charge in [0.1, 0.15) is 6.29 Å². The molecule has 2 aromatic carbocycles. The van der Waals surface area contributed by atoms with Gasteiger partial charge in [0.15, 0.2) is 11.5 Å². The average Bonchev–Trinajstić information content (AvgIpc) is 2.94. The zero-order chi connectivity index (χ0) is 13.1. The first-order valence-electron chi connectivity index (χ1n) is 6.03. The molecule has 1 aliphatic rings. The summed E-state index contributed by atoms with van der Waals surface area (Å²) in [6.07, 6.45) is 0.801. The van der Waals surface area contributed by atoms with Crippen molar-refractivity contribution in [3.8, 4) is 11.5 Å². The van der Waals surface area contributed by atoms with Gasteiger partial charge in [-0.05, 0) is 17.7 Å². The van der Waals surface area contributed by atoms with E-state index in [-0.39, 0.29) is 6.79 Å². The van der Waals surface area contributed by atoms with Crippen LogP contribution in [0.1, 0.15) is 15.9 Å². The van der Waals surface area contributed by atoms with Crippen molar-refractivity contribution >= 4 is 12.0 Å². The van der Waals surface area contributed by atoms with Crippen LogP contribution in [0, 0.1) is 0 Å². The Morgan fingerprint density at radius 2 is 2.00 bits per heavy atom. The van der Waals surface area contributed by atoms with Gasteiger partial charge in [-0.1, -0.05) is 30.3 Å². The lowest BCUT2D eigenvalue weighted by Crippen LogP contribution is -2.01. The standard InChI is InChI=1S/C15H13NO3/c17-9-12-6-13(15-14(7-12)18-10-19-15)16-8-11-4-2-1-3-5-11/h1-7,9,16H,8,10H2. The lowest BCUT2D eigenvalue weighted by atomic mass is 10.1. The summed E-state index contributed by atoms with van der Waals surface area (Å²) in [6, 6.07) is 13.5. The molecule has 4 nitrogen and oxygen atoms in total. The van der Waals surface area contributed by atoms with Crippen LogP contribution in [0.25, 0.3) is 0 Å². The minimum Gasteiger partial charge on any atom is -0.453 e. The Morgan fingerprint density at radius 1 is 1.16 bits per heavy atom. The van der Waals surface area contributed by atoms with Gasteiger partial charge in [-0.25, -0.2) is 0 Å². The molecule has 0 aromatic heterocycles. The van der Waals surface area contributed by atoms with Crippen molar-refractivity contribution in [3.05, 3.63) is 53.6 Å². The van der Waals surface area contributed by atoms with Crippen LogP contribution in [0.4, 0.5) is 5.69 Å². The molecule has 4 heteroatoms. The summed E-state index contributed by atoms with van der Waals surface area (Å²) in [7, 11) is 0. The molecule has 2 aromatic rings. The van der Waals surface area contributed by atoms with Crippen LogP contribution in [-0.2, 0) is 6.54 Å². The van der Waals surface area contributed by atoms with Gasteiger partial charge in [0.05, 0.1) is 5.69 Å². The molecule has 3 rings (SSSR count). The van der Waals surface area contributed by atoms with Crippen LogP contribution in [-0.4, -0.2) is 13.1 Å². The van der Waals surface area contributed by atoms with E-state index < -0.39 is 0 Å². The Hall–Kier alpha value is -2.49. The van der Waals surface area contributed by atoms with Crippen LogP contribution in [0.15, 0.2) is 42.5 Å². The lowest BCUT2D eigenvalue weighted by molar-refractivity contribution is 0.112. The van der Waals surface area contributed by atoms with Crippen LogP contribution >= 0.6 is 0 Å². The largest absolute Gasteiger partial charge is 0.453 e. The molecule has 0 unspecified atom stereocenters. The molecular formula is C15H13NO3. The van der Waals surface area contributed by atoms with E-state index in [0.29, 0.717) is 23.6 Å². The second kappa shape index (κ2) is 5.02. The third kappa shape index (κ3) is 2.38. The van der Waals surface area contributed by atoms with E-state index in [4.69, 9.17) is 9.47 Å². The number of ether oxygens (including phenoxy) is 2. The molecule has 0 radical (unpaired) electrons. The second-order valence-corrected chi connectivity index (χ2v) is 4.26. The number of hydrogen-bond donors (Lipinski definition) is 1. The van der Waals surface area contributed by atoms with Crippen molar-refractivity contribution in [2.75, 3.05) is 12.1 Å². The highest BCUT2D eigenvalue weighted by atomic mass is 16.7. The van der Waals surface area contributed by atoms with Crippen molar-refractivity contribution in [2.45, 2.75) is 6.54 Å². The second-order valence-electron chi connectivity index (χ2n) is 4.26. The number of hydrogen-bond acceptors (Lipinski definition) is 4. The van der Waals surface area contributed by atoms with Crippen LogP contribution < -0.4 is 14.8 Å². The summed E-state index contributed by atoms with van der Waals surface area (Å²) < 4.78 is 10.7. The number of carbonyl (C=O) groups excluding carboxylic acids is 1. The minimum atomic E-state index is 0.192. The fourth-order valence-corrected chi connectivity index (χ4v) is 2.02. The molecule has 1 heterocycles. The molecule has 0 saturated heterocycles. The molecule has 0 saturated carbocycles. The van der Waals surface area contributed by atoms with E-state index in [1.54, 1.807) is 12.1 Å². The fourth-order valence-electron chi connectivity index (χ4n) is 2.02. The SMILES string of the molecule is O=Cc1cc(NCc2ccccc2)c2c(c1)OCO2. The summed E-state index contributed by atoms with van der Waals surface area (Å²) in [5.41, 5.74) is 2.51. The fraction of sp³-hybridized carbons (Fsp3) is 0.133. The molecule has 0 spiro atoms. The molecule has 96 valence electrons. The van der Waals surface area contributed by atoms with Gasteiger partial charge in [-0.15, -0.1) is 0 Å². The highest BCUT2D eigenvalue weighted by Crippen LogP contribution is 2.40. The monoisotopic (exact) mass is 255 g/mol. The maximum atomic E-state index is 10.9. The van der Waals surface area contributed by atoms with Gasteiger partial charge in [-0.3, -0.25) is 4.79 Å². The number of benzene rings is 2. The molecule has 0 bridgehead atoms. The summed E-state index contributed by atoms with van der Waals surface area (Å²) in [4.78, 5) is 10.9. The molecule has 0 aliphatic carbocycles. The van der Waals surface area contributed by atoms with Crippen molar-refractivity contribution < 1.29 is 14.3 Å². The lowest BCUT2D eigenvalue weighted by Gasteiger charge is -2.10.